The first-order valence-electron chi connectivity index (χ1n) is 6.93. The number of rotatable bonds is 7. The minimum absolute atomic E-state index is 0.388. The molecule has 0 saturated carbocycles. The van der Waals surface area contributed by atoms with Crippen LogP contribution in [-0.4, -0.2) is 29.8 Å². The number of nitrogens with one attached hydrogen (secondary N) is 1. The van der Waals surface area contributed by atoms with Crippen LogP contribution < -0.4 is 5.32 Å². The summed E-state index contributed by atoms with van der Waals surface area (Å²) in [7, 11) is 1.71. The average molecular weight is 293 g/mol. The van der Waals surface area contributed by atoms with Gasteiger partial charge in [0.2, 0.25) is 5.95 Å². The molecule has 0 radical (unpaired) electrons. The maximum absolute atomic E-state index is 5.07. The number of imidazole rings is 1. The van der Waals surface area contributed by atoms with Gasteiger partial charge in [-0.2, -0.15) is 0 Å². The van der Waals surface area contributed by atoms with Crippen molar-refractivity contribution in [2.75, 3.05) is 25.6 Å². The van der Waals surface area contributed by atoms with Crippen molar-refractivity contribution in [1.82, 2.24) is 9.55 Å². The third kappa shape index (κ3) is 3.84. The number of aromatic nitrogens is 2. The first kappa shape index (κ1) is 15.1. The van der Waals surface area contributed by atoms with Crippen LogP contribution in [-0.2, 0) is 11.2 Å². The van der Waals surface area contributed by atoms with Crippen LogP contribution in [0.25, 0.3) is 0 Å². The molecule has 0 amide bonds. The highest BCUT2D eigenvalue weighted by Gasteiger charge is 2.13. The van der Waals surface area contributed by atoms with Gasteiger partial charge < -0.3 is 14.6 Å². The fourth-order valence-electron chi connectivity index (χ4n) is 2.23. The van der Waals surface area contributed by atoms with Gasteiger partial charge in [0.15, 0.2) is 0 Å². The smallest absolute Gasteiger partial charge is 0.203 e. The Morgan fingerprint density at radius 2 is 2.20 bits per heavy atom. The Morgan fingerprint density at radius 1 is 1.40 bits per heavy atom. The van der Waals surface area contributed by atoms with E-state index in [4.69, 9.17) is 4.74 Å². The predicted octanol–water partition coefficient (Wildman–Crippen LogP) is 3.42. The Kier molecular flexibility index (Phi) is 5.20. The molecule has 0 fully saturated rings. The van der Waals surface area contributed by atoms with Crippen molar-refractivity contribution in [3.05, 3.63) is 33.8 Å². The van der Waals surface area contributed by atoms with Gasteiger partial charge in [0.1, 0.15) is 0 Å². The van der Waals surface area contributed by atoms with Gasteiger partial charge in [-0.25, -0.2) is 4.98 Å². The van der Waals surface area contributed by atoms with E-state index in [1.807, 2.05) is 18.3 Å². The van der Waals surface area contributed by atoms with Gasteiger partial charge in [0, 0.05) is 42.1 Å². The molecule has 20 heavy (non-hydrogen) atoms. The molecule has 2 heterocycles. The molecule has 1 N–H and O–H groups in total. The van der Waals surface area contributed by atoms with E-state index in [0.29, 0.717) is 12.6 Å². The van der Waals surface area contributed by atoms with Crippen LogP contribution >= 0.6 is 11.3 Å². The van der Waals surface area contributed by atoms with Gasteiger partial charge in [-0.15, -0.1) is 11.3 Å². The molecule has 0 bridgehead atoms. The zero-order valence-electron chi connectivity index (χ0n) is 12.6. The lowest BCUT2D eigenvalue weighted by Crippen LogP contribution is -2.15. The topological polar surface area (TPSA) is 39.1 Å². The van der Waals surface area contributed by atoms with E-state index < -0.39 is 0 Å². The zero-order chi connectivity index (χ0) is 14.5. The van der Waals surface area contributed by atoms with Crippen LogP contribution in [0.5, 0.6) is 0 Å². The van der Waals surface area contributed by atoms with Crippen molar-refractivity contribution in [3.63, 3.8) is 0 Å². The second kappa shape index (κ2) is 6.90. The lowest BCUT2D eigenvalue weighted by molar-refractivity contribution is 0.210. The largest absolute Gasteiger partial charge is 0.383 e. The second-order valence-electron chi connectivity index (χ2n) is 5.10. The highest BCUT2D eigenvalue weighted by Crippen LogP contribution is 2.24. The first-order valence-corrected chi connectivity index (χ1v) is 7.75. The van der Waals surface area contributed by atoms with E-state index in [0.717, 1.165) is 24.6 Å². The van der Waals surface area contributed by atoms with Crippen molar-refractivity contribution in [2.24, 2.45) is 0 Å². The molecule has 0 aliphatic heterocycles. The maximum Gasteiger partial charge on any atom is 0.203 e. The highest BCUT2D eigenvalue weighted by molar-refractivity contribution is 7.11. The Labute approximate surface area is 124 Å². The molecule has 2 aromatic heterocycles. The van der Waals surface area contributed by atoms with Crippen LogP contribution in [0.4, 0.5) is 5.95 Å². The van der Waals surface area contributed by atoms with Crippen LogP contribution in [0.3, 0.4) is 0 Å². The number of nitrogens with zero attached hydrogens (tertiary/aromatic N) is 2. The molecule has 1 atom stereocenters. The highest BCUT2D eigenvalue weighted by atomic mass is 32.1. The second-order valence-corrected chi connectivity index (χ2v) is 6.47. The minimum atomic E-state index is 0.388. The summed E-state index contributed by atoms with van der Waals surface area (Å²) < 4.78 is 7.29. The van der Waals surface area contributed by atoms with Crippen molar-refractivity contribution in [3.8, 4) is 0 Å². The summed E-state index contributed by atoms with van der Waals surface area (Å²) in [6.07, 6.45) is 3.15. The van der Waals surface area contributed by atoms with E-state index in [-0.39, 0.29) is 0 Å². The number of ether oxygens (including phenoxy) is 1. The third-order valence-corrected chi connectivity index (χ3v) is 4.23. The van der Waals surface area contributed by atoms with E-state index >= 15 is 0 Å². The summed E-state index contributed by atoms with van der Waals surface area (Å²) in [6, 6.07) is 4.79. The fraction of sp³-hybridized carbons (Fsp3) is 0.533. The molecule has 1 unspecified atom stereocenters. The zero-order valence-corrected chi connectivity index (χ0v) is 13.5. The molecule has 4 nitrogen and oxygen atoms in total. The summed E-state index contributed by atoms with van der Waals surface area (Å²) in [4.78, 5) is 7.34. The standard InChI is InChI=1S/C15H23N3OS/c1-11-10-18(15(17-11)16-7-8-19-4)12(2)9-14-6-5-13(3)20-14/h5-6,10,12H,7-9H2,1-4H3,(H,16,17). The van der Waals surface area contributed by atoms with E-state index in [9.17, 15) is 0 Å². The average Bonchev–Trinajstić information content (AvgIpc) is 2.96. The normalized spacial score (nSPS) is 12.6. The number of methoxy groups -OCH3 is 1. The Balaban J connectivity index is 2.06. The molecule has 2 rings (SSSR count). The van der Waals surface area contributed by atoms with Crippen LogP contribution in [0.15, 0.2) is 18.3 Å². The first-order chi connectivity index (χ1) is 9.60. The van der Waals surface area contributed by atoms with Crippen LogP contribution in [0, 0.1) is 13.8 Å². The quantitative estimate of drug-likeness (QED) is 0.795. The lowest BCUT2D eigenvalue weighted by atomic mass is 10.2. The van der Waals surface area contributed by atoms with Gasteiger partial charge in [-0.1, -0.05) is 0 Å². The van der Waals surface area contributed by atoms with Crippen molar-refractivity contribution >= 4 is 17.3 Å². The van der Waals surface area contributed by atoms with E-state index in [1.165, 1.54) is 9.75 Å². The number of thiophene rings is 1. The molecular formula is C15H23N3OS. The SMILES string of the molecule is COCCNc1nc(C)cn1C(C)Cc1ccc(C)s1. The van der Waals surface area contributed by atoms with Crippen LogP contribution in [0.2, 0.25) is 0 Å². The Bertz CT molecular complexity index is 547. The van der Waals surface area contributed by atoms with Gasteiger partial charge in [-0.3, -0.25) is 0 Å². The number of anilines is 1. The van der Waals surface area contributed by atoms with E-state index in [1.54, 1.807) is 7.11 Å². The monoisotopic (exact) mass is 293 g/mol. The number of hydrogen-bond acceptors (Lipinski definition) is 4. The van der Waals surface area contributed by atoms with Gasteiger partial charge in [0.25, 0.3) is 0 Å². The summed E-state index contributed by atoms with van der Waals surface area (Å²) >= 11 is 1.87. The molecule has 0 aliphatic rings. The fourth-order valence-corrected chi connectivity index (χ4v) is 3.24. The number of hydrogen-bond donors (Lipinski definition) is 1. The van der Waals surface area contributed by atoms with Gasteiger partial charge in [-0.05, 0) is 32.9 Å². The van der Waals surface area contributed by atoms with Crippen molar-refractivity contribution < 1.29 is 4.74 Å². The predicted molar refractivity (Wildman–Crippen MR) is 84.8 cm³/mol. The third-order valence-electron chi connectivity index (χ3n) is 3.21. The van der Waals surface area contributed by atoms with Crippen molar-refractivity contribution in [1.29, 1.82) is 0 Å². The molecule has 0 spiro atoms. The molecule has 5 heteroatoms. The molecule has 0 saturated heterocycles. The molecular weight excluding hydrogens is 270 g/mol. The van der Waals surface area contributed by atoms with E-state index in [2.05, 4.69) is 47.0 Å². The summed E-state index contributed by atoms with van der Waals surface area (Å²) in [6.45, 7) is 7.87. The minimum Gasteiger partial charge on any atom is -0.383 e. The van der Waals surface area contributed by atoms with Crippen molar-refractivity contribution in [2.45, 2.75) is 33.2 Å². The lowest BCUT2D eigenvalue weighted by Gasteiger charge is -2.16. The summed E-state index contributed by atoms with van der Waals surface area (Å²) in [5, 5.41) is 3.34. The summed E-state index contributed by atoms with van der Waals surface area (Å²) in [5.74, 6) is 0.931. The molecule has 110 valence electrons. The molecule has 0 aromatic carbocycles. The molecule has 2 aromatic rings. The number of aryl methyl sites for hydroxylation is 2. The Morgan fingerprint density at radius 3 is 2.85 bits per heavy atom. The van der Waals surface area contributed by atoms with Gasteiger partial charge in [0.05, 0.1) is 12.3 Å². The van der Waals surface area contributed by atoms with Gasteiger partial charge >= 0.3 is 0 Å². The Hall–Kier alpha value is -1.33. The maximum atomic E-state index is 5.07. The molecule has 0 aliphatic carbocycles. The summed E-state index contributed by atoms with van der Waals surface area (Å²) in [5.41, 5.74) is 1.04. The van der Waals surface area contributed by atoms with Crippen LogP contribution in [0.1, 0.15) is 28.4 Å².